The van der Waals surface area contributed by atoms with Crippen molar-refractivity contribution in [2.45, 2.75) is 40.5 Å². The first-order chi connectivity index (χ1) is 11.0. The van der Waals surface area contributed by atoms with Crippen LogP contribution in [-0.2, 0) is 4.79 Å². The van der Waals surface area contributed by atoms with Gasteiger partial charge in [0.25, 0.3) is 0 Å². The van der Waals surface area contributed by atoms with Crippen LogP contribution in [0.5, 0.6) is 0 Å². The van der Waals surface area contributed by atoms with Crippen molar-refractivity contribution in [1.82, 2.24) is 4.98 Å². The number of nitrogens with two attached hydrogens (primary N) is 1. The molecular formula is C18H26ClN3O2. The number of carbonyl (C=O) groups excluding carboxylic acids is 1. The minimum Gasteiger partial charge on any atom is -0.441 e. The molecule has 24 heavy (non-hydrogen) atoms. The fraction of sp³-hybridized carbons (Fsp3) is 0.444. The Balaban J connectivity index is 0.00000288. The zero-order chi connectivity index (χ0) is 17.0. The number of oxazole rings is 1. The van der Waals surface area contributed by atoms with E-state index in [4.69, 9.17) is 10.2 Å². The number of aryl methyl sites for hydroxylation is 2. The first-order valence-corrected chi connectivity index (χ1v) is 8.01. The first-order valence-electron chi connectivity index (χ1n) is 8.01. The summed E-state index contributed by atoms with van der Waals surface area (Å²) in [6.07, 6.45) is 1.42. The lowest BCUT2D eigenvalue weighted by atomic mass is 9.81. The van der Waals surface area contributed by atoms with Gasteiger partial charge in [0.15, 0.2) is 0 Å². The van der Waals surface area contributed by atoms with Crippen LogP contribution in [0.25, 0.3) is 11.5 Å². The van der Waals surface area contributed by atoms with Crippen LogP contribution in [0.2, 0.25) is 0 Å². The van der Waals surface area contributed by atoms with E-state index in [0.29, 0.717) is 25.3 Å². The van der Waals surface area contributed by atoms with Crippen LogP contribution < -0.4 is 11.1 Å². The second kappa shape index (κ2) is 8.31. The average molecular weight is 352 g/mol. The van der Waals surface area contributed by atoms with Gasteiger partial charge in [-0.05, 0) is 44.9 Å². The summed E-state index contributed by atoms with van der Waals surface area (Å²) < 4.78 is 5.65. The Kier molecular flexibility index (Phi) is 6.99. The van der Waals surface area contributed by atoms with Crippen LogP contribution in [0.3, 0.4) is 0 Å². The second-order valence-electron chi connectivity index (χ2n) is 5.89. The normalized spacial score (nSPS) is 11.0. The molecular weight excluding hydrogens is 326 g/mol. The fourth-order valence-electron chi connectivity index (χ4n) is 2.54. The predicted molar refractivity (Wildman–Crippen MR) is 99.4 cm³/mol. The summed E-state index contributed by atoms with van der Waals surface area (Å²) in [7, 11) is 0. The Hall–Kier alpha value is -1.85. The lowest BCUT2D eigenvalue weighted by Gasteiger charge is -2.28. The molecule has 132 valence electrons. The summed E-state index contributed by atoms with van der Waals surface area (Å²) in [4.78, 5) is 17.0. The molecule has 6 heteroatoms. The van der Waals surface area contributed by atoms with E-state index < -0.39 is 5.41 Å². The van der Waals surface area contributed by atoms with E-state index in [0.717, 1.165) is 22.7 Å². The van der Waals surface area contributed by atoms with Gasteiger partial charge >= 0.3 is 0 Å². The van der Waals surface area contributed by atoms with Gasteiger partial charge in [0.1, 0.15) is 5.76 Å². The van der Waals surface area contributed by atoms with Gasteiger partial charge in [-0.3, -0.25) is 4.79 Å². The highest BCUT2D eigenvalue weighted by Crippen LogP contribution is 2.28. The number of hydrogen-bond acceptors (Lipinski definition) is 4. The summed E-state index contributed by atoms with van der Waals surface area (Å²) in [5, 5.41) is 2.98. The molecule has 1 aromatic carbocycles. The van der Waals surface area contributed by atoms with Crippen molar-refractivity contribution >= 4 is 24.0 Å². The molecule has 5 nitrogen and oxygen atoms in total. The molecule has 0 aliphatic carbocycles. The number of anilines is 1. The topological polar surface area (TPSA) is 81.2 Å². The van der Waals surface area contributed by atoms with Gasteiger partial charge < -0.3 is 15.5 Å². The molecule has 2 rings (SSSR count). The SMILES string of the molecule is CCC(CC)(CN)C(=O)Nc1cccc(-c2nc(C)c(C)o2)c1.Cl. The van der Waals surface area contributed by atoms with Crippen LogP contribution in [0.1, 0.15) is 38.1 Å². The molecule has 0 bridgehead atoms. The standard InChI is InChI=1S/C18H25N3O2.ClH/c1-5-18(6-2,11-19)17(22)21-15-9-7-8-14(10-15)16-20-12(3)13(4)23-16;/h7-10H,5-6,11,19H2,1-4H3,(H,21,22);1H. The van der Waals surface area contributed by atoms with E-state index in [2.05, 4.69) is 10.3 Å². The highest BCUT2D eigenvalue weighted by Gasteiger charge is 2.33. The van der Waals surface area contributed by atoms with Crippen molar-refractivity contribution < 1.29 is 9.21 Å². The maximum Gasteiger partial charge on any atom is 0.231 e. The van der Waals surface area contributed by atoms with E-state index in [9.17, 15) is 4.79 Å². The smallest absolute Gasteiger partial charge is 0.231 e. The number of nitrogens with one attached hydrogen (secondary N) is 1. The van der Waals surface area contributed by atoms with Crippen molar-refractivity contribution in [1.29, 1.82) is 0 Å². The maximum atomic E-state index is 12.6. The van der Waals surface area contributed by atoms with Crippen molar-refractivity contribution in [2.24, 2.45) is 11.1 Å². The van der Waals surface area contributed by atoms with Gasteiger partial charge in [-0.2, -0.15) is 0 Å². The summed E-state index contributed by atoms with van der Waals surface area (Å²) in [6.45, 7) is 8.11. The molecule has 0 aliphatic heterocycles. The Labute approximate surface area is 149 Å². The van der Waals surface area contributed by atoms with E-state index in [1.807, 2.05) is 52.0 Å². The summed E-state index contributed by atoms with van der Waals surface area (Å²) in [6, 6.07) is 7.52. The predicted octanol–water partition coefficient (Wildman–Crippen LogP) is 4.08. The van der Waals surface area contributed by atoms with Gasteiger partial charge in [0.2, 0.25) is 11.8 Å². The van der Waals surface area contributed by atoms with Crippen molar-refractivity contribution in [3.8, 4) is 11.5 Å². The third kappa shape index (κ3) is 3.97. The highest BCUT2D eigenvalue weighted by molar-refractivity contribution is 5.95. The number of hydrogen-bond donors (Lipinski definition) is 2. The number of carbonyl (C=O) groups is 1. The number of benzene rings is 1. The summed E-state index contributed by atoms with van der Waals surface area (Å²) in [5.41, 5.74) is 7.75. The molecule has 0 atom stereocenters. The number of nitrogens with zero attached hydrogens (tertiary/aromatic N) is 1. The third-order valence-electron chi connectivity index (χ3n) is 4.62. The van der Waals surface area contributed by atoms with Gasteiger partial charge in [-0.1, -0.05) is 19.9 Å². The number of amides is 1. The largest absolute Gasteiger partial charge is 0.441 e. The molecule has 0 fully saturated rings. The monoisotopic (exact) mass is 351 g/mol. The molecule has 3 N–H and O–H groups in total. The molecule has 2 aromatic rings. The van der Waals surface area contributed by atoms with Crippen LogP contribution in [-0.4, -0.2) is 17.4 Å². The molecule has 0 aliphatic rings. The Bertz CT molecular complexity index is 666. The zero-order valence-corrected chi connectivity index (χ0v) is 15.5. The molecule has 0 radical (unpaired) electrons. The molecule has 1 heterocycles. The van der Waals surface area contributed by atoms with Crippen LogP contribution in [0.4, 0.5) is 5.69 Å². The quantitative estimate of drug-likeness (QED) is 0.821. The summed E-state index contributed by atoms with van der Waals surface area (Å²) in [5.74, 6) is 1.32. The number of rotatable bonds is 6. The number of aromatic nitrogens is 1. The van der Waals surface area contributed by atoms with E-state index >= 15 is 0 Å². The van der Waals surface area contributed by atoms with E-state index in [1.54, 1.807) is 0 Å². The molecule has 0 saturated heterocycles. The summed E-state index contributed by atoms with van der Waals surface area (Å²) >= 11 is 0. The lowest BCUT2D eigenvalue weighted by molar-refractivity contribution is -0.125. The fourth-order valence-corrected chi connectivity index (χ4v) is 2.54. The van der Waals surface area contributed by atoms with Gasteiger partial charge in [-0.15, -0.1) is 12.4 Å². The van der Waals surface area contributed by atoms with Crippen LogP contribution >= 0.6 is 12.4 Å². The third-order valence-corrected chi connectivity index (χ3v) is 4.62. The van der Waals surface area contributed by atoms with Gasteiger partial charge in [-0.25, -0.2) is 4.98 Å². The van der Waals surface area contributed by atoms with E-state index in [1.165, 1.54) is 0 Å². The first kappa shape index (κ1) is 20.2. The van der Waals surface area contributed by atoms with Crippen molar-refractivity contribution in [3.05, 3.63) is 35.7 Å². The van der Waals surface area contributed by atoms with E-state index in [-0.39, 0.29) is 18.3 Å². The Morgan fingerprint density at radius 1 is 1.29 bits per heavy atom. The van der Waals surface area contributed by atoms with Crippen LogP contribution in [0.15, 0.2) is 28.7 Å². The molecule has 1 amide bonds. The second-order valence-corrected chi connectivity index (χ2v) is 5.89. The Morgan fingerprint density at radius 3 is 2.46 bits per heavy atom. The van der Waals surface area contributed by atoms with Crippen molar-refractivity contribution in [3.63, 3.8) is 0 Å². The maximum absolute atomic E-state index is 12.6. The zero-order valence-electron chi connectivity index (χ0n) is 14.7. The van der Waals surface area contributed by atoms with Gasteiger partial charge in [0, 0.05) is 17.8 Å². The lowest BCUT2D eigenvalue weighted by Crippen LogP contribution is -2.41. The molecule has 0 unspecified atom stereocenters. The molecule has 1 aromatic heterocycles. The highest BCUT2D eigenvalue weighted by atomic mass is 35.5. The van der Waals surface area contributed by atoms with Crippen LogP contribution in [0, 0.1) is 19.3 Å². The van der Waals surface area contributed by atoms with Crippen molar-refractivity contribution in [2.75, 3.05) is 11.9 Å². The minimum absolute atomic E-state index is 0. The molecule has 0 spiro atoms. The number of halogens is 1. The average Bonchev–Trinajstić information content (AvgIpc) is 2.89. The Morgan fingerprint density at radius 2 is 1.96 bits per heavy atom. The minimum atomic E-state index is -0.522. The molecule has 0 saturated carbocycles. The van der Waals surface area contributed by atoms with Gasteiger partial charge in [0.05, 0.1) is 11.1 Å².